The number of hydrogen-bond acceptors (Lipinski definition) is 6. The number of carbonyl (C=O) groups excluding carboxylic acids is 2. The number of nitrogens with zero attached hydrogens (tertiary/aromatic N) is 4. The van der Waals surface area contributed by atoms with Crippen LogP contribution >= 0.6 is 0 Å². The second-order valence-electron chi connectivity index (χ2n) is 6.52. The fourth-order valence-electron chi connectivity index (χ4n) is 3.33. The van der Waals surface area contributed by atoms with Crippen molar-refractivity contribution in [3.63, 3.8) is 0 Å². The molecule has 1 aliphatic carbocycles. The normalized spacial score (nSPS) is 16.0. The lowest BCUT2D eigenvalue weighted by Crippen LogP contribution is -2.34. The molecule has 27 heavy (non-hydrogen) atoms. The van der Waals surface area contributed by atoms with Crippen molar-refractivity contribution in [2.45, 2.75) is 32.2 Å². The Morgan fingerprint density at radius 3 is 3.00 bits per heavy atom. The number of ether oxygens (including phenoxy) is 1. The van der Waals surface area contributed by atoms with Crippen molar-refractivity contribution in [1.82, 2.24) is 24.9 Å². The number of esters is 1. The molecule has 0 bridgehead atoms. The Morgan fingerprint density at radius 2 is 2.15 bits per heavy atom. The van der Waals surface area contributed by atoms with E-state index in [2.05, 4.69) is 26.4 Å². The Hall–Kier alpha value is -3.29. The molecule has 4 rings (SSSR count). The molecule has 1 N–H and O–H groups in total. The monoisotopic (exact) mass is 365 g/mol. The predicted molar refractivity (Wildman–Crippen MR) is 96.1 cm³/mol. The molecule has 1 atom stereocenters. The van der Waals surface area contributed by atoms with Crippen molar-refractivity contribution >= 4 is 17.7 Å². The Kier molecular flexibility index (Phi) is 4.53. The van der Waals surface area contributed by atoms with Gasteiger partial charge in [-0.3, -0.25) is 4.79 Å². The summed E-state index contributed by atoms with van der Waals surface area (Å²) in [5, 5.41) is 7.02. The van der Waals surface area contributed by atoms with Crippen LogP contribution in [0.2, 0.25) is 0 Å². The molecule has 0 spiro atoms. The van der Waals surface area contributed by atoms with Crippen LogP contribution in [-0.2, 0) is 16.0 Å². The van der Waals surface area contributed by atoms with Crippen molar-refractivity contribution in [3.05, 3.63) is 59.2 Å². The largest absolute Gasteiger partial charge is 0.450 e. The van der Waals surface area contributed by atoms with Gasteiger partial charge in [-0.1, -0.05) is 24.3 Å². The molecule has 2 heterocycles. The van der Waals surface area contributed by atoms with Gasteiger partial charge >= 0.3 is 5.97 Å². The van der Waals surface area contributed by atoms with Crippen LogP contribution in [0.5, 0.6) is 0 Å². The Morgan fingerprint density at radius 1 is 1.30 bits per heavy atom. The number of fused-ring (bicyclic) bond motifs is 2. The first-order valence-electron chi connectivity index (χ1n) is 8.84. The summed E-state index contributed by atoms with van der Waals surface area (Å²) in [4.78, 5) is 32.5. The second kappa shape index (κ2) is 7.14. The maximum absolute atomic E-state index is 12.2. The zero-order valence-corrected chi connectivity index (χ0v) is 14.9. The lowest BCUT2D eigenvalue weighted by Gasteiger charge is -2.26. The molecule has 2 aromatic heterocycles. The summed E-state index contributed by atoms with van der Waals surface area (Å²) in [6.45, 7) is 1.45. The number of benzene rings is 1. The summed E-state index contributed by atoms with van der Waals surface area (Å²) in [7, 11) is 0. The van der Waals surface area contributed by atoms with Gasteiger partial charge in [0.1, 0.15) is 0 Å². The number of hydrogen-bond donors (Lipinski definition) is 1. The van der Waals surface area contributed by atoms with Crippen LogP contribution < -0.4 is 5.32 Å². The summed E-state index contributed by atoms with van der Waals surface area (Å²) in [6, 6.07) is 9.78. The number of rotatable bonds is 4. The number of aromatic nitrogens is 4. The number of amides is 1. The van der Waals surface area contributed by atoms with Crippen LogP contribution in [0.15, 0.2) is 36.5 Å². The van der Waals surface area contributed by atoms with Gasteiger partial charge in [-0.25, -0.2) is 14.3 Å². The average Bonchev–Trinajstić information content (AvgIpc) is 3.12. The van der Waals surface area contributed by atoms with E-state index < -0.39 is 5.97 Å². The zero-order chi connectivity index (χ0) is 18.8. The van der Waals surface area contributed by atoms with Crippen LogP contribution in [0.4, 0.5) is 0 Å². The lowest BCUT2D eigenvalue weighted by molar-refractivity contribution is -0.125. The van der Waals surface area contributed by atoms with Gasteiger partial charge in [0.25, 0.3) is 17.5 Å². The molecule has 0 fully saturated rings. The Bertz CT molecular complexity index is 1010. The molecule has 1 aromatic carbocycles. The minimum atomic E-state index is -0.751. The van der Waals surface area contributed by atoms with E-state index in [4.69, 9.17) is 4.74 Å². The minimum absolute atomic E-state index is 0.0543. The zero-order valence-electron chi connectivity index (χ0n) is 14.9. The second-order valence-corrected chi connectivity index (χ2v) is 6.52. The molecular weight excluding hydrogens is 346 g/mol. The average molecular weight is 365 g/mol. The summed E-state index contributed by atoms with van der Waals surface area (Å²) >= 11 is 0. The predicted octanol–water partition coefficient (Wildman–Crippen LogP) is 1.78. The third kappa shape index (κ3) is 3.51. The van der Waals surface area contributed by atoms with Gasteiger partial charge in [-0.05, 0) is 43.4 Å². The highest BCUT2D eigenvalue weighted by Crippen LogP contribution is 2.29. The van der Waals surface area contributed by atoms with Gasteiger partial charge in [-0.15, -0.1) is 5.10 Å². The first-order chi connectivity index (χ1) is 13.1. The smallest absolute Gasteiger partial charge is 0.378 e. The van der Waals surface area contributed by atoms with Gasteiger partial charge < -0.3 is 10.1 Å². The minimum Gasteiger partial charge on any atom is -0.450 e. The van der Waals surface area contributed by atoms with Crippen LogP contribution in [0.1, 0.15) is 46.3 Å². The summed E-state index contributed by atoms with van der Waals surface area (Å²) in [6.07, 6.45) is 4.49. The molecule has 1 aliphatic rings. The highest BCUT2D eigenvalue weighted by molar-refractivity contribution is 5.88. The number of carbonyl (C=O) groups is 2. The topological polar surface area (TPSA) is 98.5 Å². The van der Waals surface area contributed by atoms with Crippen LogP contribution in [0.3, 0.4) is 0 Å². The quantitative estimate of drug-likeness (QED) is 0.708. The van der Waals surface area contributed by atoms with Gasteiger partial charge in [0, 0.05) is 11.9 Å². The van der Waals surface area contributed by atoms with E-state index in [1.807, 2.05) is 25.1 Å². The number of nitrogens with one attached hydrogen (secondary N) is 1. The first kappa shape index (κ1) is 17.1. The molecule has 0 saturated heterocycles. The summed E-state index contributed by atoms with van der Waals surface area (Å²) < 4.78 is 6.53. The molecular formula is C19H19N5O3. The van der Waals surface area contributed by atoms with E-state index in [0.717, 1.165) is 30.5 Å². The molecule has 3 aromatic rings. The summed E-state index contributed by atoms with van der Waals surface area (Å²) in [5.74, 6) is -0.903. The highest BCUT2D eigenvalue weighted by Gasteiger charge is 2.22. The van der Waals surface area contributed by atoms with E-state index in [1.54, 1.807) is 12.3 Å². The Balaban J connectivity index is 1.38. The fourth-order valence-corrected chi connectivity index (χ4v) is 3.33. The standard InChI is InChI=1S/C19H19N5O3/c1-12-9-10-20-19-22-17(23-24(12)19)18(26)27-11-16(25)21-15-8-4-6-13-5-2-3-7-14(13)15/h2-3,5,7,9-10,15H,4,6,8,11H2,1H3,(H,21,25)/t15-/m1/s1. The molecule has 8 heteroatoms. The molecule has 0 aliphatic heterocycles. The lowest BCUT2D eigenvalue weighted by atomic mass is 9.88. The first-order valence-corrected chi connectivity index (χ1v) is 8.84. The number of aryl methyl sites for hydroxylation is 2. The maximum atomic E-state index is 12.2. The molecule has 0 unspecified atom stereocenters. The van der Waals surface area contributed by atoms with Crippen LogP contribution in [0.25, 0.3) is 5.78 Å². The van der Waals surface area contributed by atoms with Crippen molar-refractivity contribution in [2.75, 3.05) is 6.61 Å². The van der Waals surface area contributed by atoms with E-state index in [1.165, 1.54) is 10.1 Å². The SMILES string of the molecule is Cc1ccnc2nc(C(=O)OCC(=O)N[C@@H]3CCCc4ccccc43)nn12. The van der Waals surface area contributed by atoms with Crippen molar-refractivity contribution < 1.29 is 14.3 Å². The van der Waals surface area contributed by atoms with Crippen LogP contribution in [-0.4, -0.2) is 38.1 Å². The Labute approximate surface area is 155 Å². The molecule has 1 amide bonds. The molecule has 8 nitrogen and oxygen atoms in total. The van der Waals surface area contributed by atoms with Gasteiger partial charge in [0.05, 0.1) is 6.04 Å². The van der Waals surface area contributed by atoms with Crippen molar-refractivity contribution in [2.24, 2.45) is 0 Å². The molecule has 0 radical (unpaired) electrons. The third-order valence-corrected chi connectivity index (χ3v) is 4.65. The summed E-state index contributed by atoms with van der Waals surface area (Å²) in [5.41, 5.74) is 3.18. The molecule has 0 saturated carbocycles. The van der Waals surface area contributed by atoms with Gasteiger partial charge in [0.2, 0.25) is 0 Å². The van der Waals surface area contributed by atoms with Crippen LogP contribution in [0, 0.1) is 6.92 Å². The van der Waals surface area contributed by atoms with Crippen molar-refractivity contribution in [3.8, 4) is 0 Å². The van der Waals surface area contributed by atoms with E-state index in [0.29, 0.717) is 5.78 Å². The van der Waals surface area contributed by atoms with E-state index in [-0.39, 0.29) is 24.4 Å². The van der Waals surface area contributed by atoms with E-state index >= 15 is 0 Å². The molecule has 138 valence electrons. The van der Waals surface area contributed by atoms with Gasteiger partial charge in [-0.2, -0.15) is 4.98 Å². The fraction of sp³-hybridized carbons (Fsp3) is 0.316. The highest BCUT2D eigenvalue weighted by atomic mass is 16.5. The maximum Gasteiger partial charge on any atom is 0.378 e. The van der Waals surface area contributed by atoms with Gasteiger partial charge in [0.15, 0.2) is 6.61 Å². The van der Waals surface area contributed by atoms with E-state index in [9.17, 15) is 9.59 Å². The van der Waals surface area contributed by atoms with Crippen molar-refractivity contribution in [1.29, 1.82) is 0 Å². The third-order valence-electron chi connectivity index (χ3n) is 4.65.